The first kappa shape index (κ1) is 17.3. The summed E-state index contributed by atoms with van der Waals surface area (Å²) in [5, 5.41) is 0. The fourth-order valence-corrected chi connectivity index (χ4v) is 3.23. The maximum absolute atomic E-state index is 12.6. The molecule has 0 spiro atoms. The van der Waals surface area contributed by atoms with Crippen molar-refractivity contribution in [3.05, 3.63) is 18.2 Å². The maximum Gasteiger partial charge on any atom is 0.321 e. The number of esters is 1. The second kappa shape index (κ2) is 7.28. The second-order valence-electron chi connectivity index (χ2n) is 4.02. The van der Waals surface area contributed by atoms with Gasteiger partial charge in [-0.3, -0.25) is 4.79 Å². The number of benzene rings is 1. The van der Waals surface area contributed by atoms with Crippen LogP contribution < -0.4 is 9.47 Å². The zero-order valence-corrected chi connectivity index (χ0v) is 13.3. The van der Waals surface area contributed by atoms with Gasteiger partial charge in [0.25, 0.3) is 0 Å². The molecule has 0 N–H and O–H groups in total. The molecule has 0 fully saturated rings. The van der Waals surface area contributed by atoms with Gasteiger partial charge in [0.2, 0.25) is 10.0 Å². The maximum atomic E-state index is 12.6. The fourth-order valence-electron chi connectivity index (χ4n) is 1.70. The zero-order valence-electron chi connectivity index (χ0n) is 12.5. The molecule has 0 saturated carbocycles. The number of nitrogens with zero attached hydrogens (tertiary/aromatic N) is 1. The highest BCUT2D eigenvalue weighted by Crippen LogP contribution is 2.30. The largest absolute Gasteiger partial charge is 0.497 e. The summed E-state index contributed by atoms with van der Waals surface area (Å²) >= 11 is 0. The van der Waals surface area contributed by atoms with Gasteiger partial charge in [-0.05, 0) is 12.1 Å². The molecule has 1 rings (SSSR count). The van der Waals surface area contributed by atoms with Crippen LogP contribution >= 0.6 is 0 Å². The van der Waals surface area contributed by atoms with Gasteiger partial charge < -0.3 is 14.2 Å². The molecule has 0 aromatic heterocycles. The van der Waals surface area contributed by atoms with E-state index >= 15 is 0 Å². The predicted octanol–water partition coefficient (Wildman–Crippen LogP) is 0.887. The zero-order chi connectivity index (χ0) is 16.0. The number of methoxy groups -OCH3 is 3. The number of rotatable bonds is 7. The Hall–Kier alpha value is -1.80. The first-order valence-electron chi connectivity index (χ1n) is 6.19. The first-order valence-corrected chi connectivity index (χ1v) is 7.63. The molecule has 0 heterocycles. The third kappa shape index (κ3) is 3.85. The van der Waals surface area contributed by atoms with Crippen molar-refractivity contribution in [2.75, 3.05) is 34.4 Å². The minimum atomic E-state index is -3.87. The van der Waals surface area contributed by atoms with Gasteiger partial charge >= 0.3 is 5.97 Å². The van der Waals surface area contributed by atoms with Crippen molar-refractivity contribution in [1.82, 2.24) is 4.31 Å². The van der Waals surface area contributed by atoms with Crippen molar-refractivity contribution in [1.29, 1.82) is 0 Å². The second-order valence-corrected chi connectivity index (χ2v) is 5.93. The number of hydrogen-bond donors (Lipinski definition) is 0. The van der Waals surface area contributed by atoms with Crippen molar-refractivity contribution < 1.29 is 27.4 Å². The van der Waals surface area contributed by atoms with Gasteiger partial charge in [-0.15, -0.1) is 0 Å². The molecule has 0 aliphatic rings. The highest BCUT2D eigenvalue weighted by atomic mass is 32.2. The smallest absolute Gasteiger partial charge is 0.321 e. The van der Waals surface area contributed by atoms with Crippen LogP contribution in [0, 0.1) is 0 Å². The van der Waals surface area contributed by atoms with Crippen molar-refractivity contribution in [3.63, 3.8) is 0 Å². The van der Waals surface area contributed by atoms with E-state index in [2.05, 4.69) is 4.74 Å². The van der Waals surface area contributed by atoms with Crippen LogP contribution in [0.3, 0.4) is 0 Å². The number of carbonyl (C=O) groups is 1. The highest BCUT2D eigenvalue weighted by molar-refractivity contribution is 7.89. The minimum absolute atomic E-state index is 0.0310. The topological polar surface area (TPSA) is 82.1 Å². The van der Waals surface area contributed by atoms with Crippen LogP contribution in [0.4, 0.5) is 0 Å². The van der Waals surface area contributed by atoms with Crippen LogP contribution in [-0.2, 0) is 19.6 Å². The van der Waals surface area contributed by atoms with Crippen LogP contribution in [-0.4, -0.2) is 53.1 Å². The number of carbonyl (C=O) groups excluding carboxylic acids is 1. The number of sulfonamides is 1. The summed E-state index contributed by atoms with van der Waals surface area (Å²) in [5.41, 5.74) is 0. The molecular formula is C13H19NO6S. The Balaban J connectivity index is 3.25. The van der Waals surface area contributed by atoms with E-state index in [4.69, 9.17) is 9.47 Å². The summed E-state index contributed by atoms with van der Waals surface area (Å²) < 4.78 is 40.8. The van der Waals surface area contributed by atoms with Gasteiger partial charge in [-0.1, -0.05) is 6.92 Å². The molecule has 7 nitrogen and oxygen atoms in total. The Morgan fingerprint density at radius 3 is 2.33 bits per heavy atom. The quantitative estimate of drug-likeness (QED) is 0.695. The molecule has 21 heavy (non-hydrogen) atoms. The lowest BCUT2D eigenvalue weighted by molar-refractivity contribution is -0.140. The molecule has 0 amide bonds. The summed E-state index contributed by atoms with van der Waals surface area (Å²) in [4.78, 5) is 11.3. The molecule has 1 aromatic rings. The predicted molar refractivity (Wildman–Crippen MR) is 76.0 cm³/mol. The summed E-state index contributed by atoms with van der Waals surface area (Å²) in [6, 6.07) is 4.37. The average molecular weight is 317 g/mol. The van der Waals surface area contributed by atoms with E-state index in [-0.39, 0.29) is 23.7 Å². The van der Waals surface area contributed by atoms with Gasteiger partial charge in [-0.2, -0.15) is 4.31 Å². The Bertz CT molecular complexity index is 599. The van der Waals surface area contributed by atoms with Crippen LogP contribution in [0.5, 0.6) is 11.5 Å². The van der Waals surface area contributed by atoms with Crippen LogP contribution in [0.2, 0.25) is 0 Å². The van der Waals surface area contributed by atoms with Gasteiger partial charge in [0.15, 0.2) is 0 Å². The molecule has 0 atom stereocenters. The molecule has 0 saturated heterocycles. The minimum Gasteiger partial charge on any atom is -0.497 e. The SMILES string of the molecule is CCN(CC(=O)OC)S(=O)(=O)c1ccc(OC)cc1OC. The number of ether oxygens (including phenoxy) is 3. The van der Waals surface area contributed by atoms with Gasteiger partial charge in [0, 0.05) is 12.6 Å². The van der Waals surface area contributed by atoms with Crippen LogP contribution in [0.15, 0.2) is 23.1 Å². The van der Waals surface area contributed by atoms with E-state index in [9.17, 15) is 13.2 Å². The molecule has 0 aliphatic heterocycles. The third-order valence-corrected chi connectivity index (χ3v) is 4.83. The van der Waals surface area contributed by atoms with E-state index in [0.717, 1.165) is 4.31 Å². The molecule has 0 radical (unpaired) electrons. The lowest BCUT2D eigenvalue weighted by atomic mass is 10.3. The van der Waals surface area contributed by atoms with E-state index in [1.54, 1.807) is 6.92 Å². The fraction of sp³-hybridized carbons (Fsp3) is 0.462. The van der Waals surface area contributed by atoms with E-state index in [0.29, 0.717) is 5.75 Å². The molecule has 0 aliphatic carbocycles. The van der Waals surface area contributed by atoms with Crippen molar-refractivity contribution in [2.24, 2.45) is 0 Å². The Morgan fingerprint density at radius 2 is 1.86 bits per heavy atom. The van der Waals surface area contributed by atoms with E-state index in [1.807, 2.05) is 0 Å². The van der Waals surface area contributed by atoms with Crippen molar-refractivity contribution >= 4 is 16.0 Å². The molecule has 0 bridgehead atoms. The third-order valence-electron chi connectivity index (χ3n) is 2.87. The summed E-state index contributed by atoms with van der Waals surface area (Å²) in [5.74, 6) is -0.00705. The first-order chi connectivity index (χ1) is 9.90. The molecule has 0 unspecified atom stereocenters. The highest BCUT2D eigenvalue weighted by Gasteiger charge is 2.28. The number of hydrogen-bond acceptors (Lipinski definition) is 6. The monoisotopic (exact) mass is 317 g/mol. The Labute approximate surface area is 124 Å². The van der Waals surface area contributed by atoms with Crippen molar-refractivity contribution in [2.45, 2.75) is 11.8 Å². The van der Waals surface area contributed by atoms with E-state index < -0.39 is 16.0 Å². The summed E-state index contributed by atoms with van der Waals surface area (Å²) in [6.07, 6.45) is 0. The molecule has 118 valence electrons. The molecule has 8 heteroatoms. The Kier molecular flexibility index (Phi) is 5.98. The molecular weight excluding hydrogens is 298 g/mol. The molecule has 1 aromatic carbocycles. The normalized spacial score (nSPS) is 11.3. The lowest BCUT2D eigenvalue weighted by Crippen LogP contribution is -2.36. The van der Waals surface area contributed by atoms with Crippen LogP contribution in [0.1, 0.15) is 6.92 Å². The van der Waals surface area contributed by atoms with E-state index in [1.165, 1.54) is 39.5 Å². The summed E-state index contributed by atoms with van der Waals surface area (Å²) in [6.45, 7) is 1.41. The standard InChI is InChI=1S/C13H19NO6S/c1-5-14(9-13(15)20-4)21(16,17)12-7-6-10(18-2)8-11(12)19-3/h6-8H,5,9H2,1-4H3. The Morgan fingerprint density at radius 1 is 1.19 bits per heavy atom. The van der Waals surface area contributed by atoms with Crippen molar-refractivity contribution in [3.8, 4) is 11.5 Å². The summed E-state index contributed by atoms with van der Waals surface area (Å²) in [7, 11) is 0.169. The van der Waals surface area contributed by atoms with Gasteiger partial charge in [0.1, 0.15) is 22.9 Å². The van der Waals surface area contributed by atoms with Gasteiger partial charge in [0.05, 0.1) is 21.3 Å². The lowest BCUT2D eigenvalue weighted by Gasteiger charge is -2.20. The average Bonchev–Trinajstić information content (AvgIpc) is 2.51. The van der Waals surface area contributed by atoms with Gasteiger partial charge in [-0.25, -0.2) is 8.42 Å². The van der Waals surface area contributed by atoms with Crippen LogP contribution in [0.25, 0.3) is 0 Å². The number of likely N-dealkylation sites (N-methyl/N-ethyl adjacent to an activating group) is 1.